The van der Waals surface area contributed by atoms with E-state index in [1.54, 1.807) is 20.8 Å². The monoisotopic (exact) mass is 451 g/mol. The van der Waals surface area contributed by atoms with Gasteiger partial charge in [-0.15, -0.1) is 0 Å². The number of rotatable bonds is 8. The first kappa shape index (κ1) is 26.4. The summed E-state index contributed by atoms with van der Waals surface area (Å²) in [7, 11) is -1.64. The average Bonchev–Trinajstić information content (AvgIpc) is 2.56. The SMILES string of the molecule is C[SiH](C)OC(CC(=O)OC(C)(C)C)=C(C(=O)OCc1ccc([N+](=O)[O-])cc1)C(C)(C)C. The Balaban J connectivity index is 3.16. The lowest BCUT2D eigenvalue weighted by molar-refractivity contribution is -0.384. The third-order valence-electron chi connectivity index (χ3n) is 3.85. The van der Waals surface area contributed by atoms with Crippen molar-refractivity contribution < 1.29 is 28.4 Å². The molecule has 0 aromatic heterocycles. The van der Waals surface area contributed by atoms with Gasteiger partial charge in [0.15, 0.2) is 0 Å². The van der Waals surface area contributed by atoms with Crippen LogP contribution >= 0.6 is 0 Å². The second-order valence-electron chi connectivity index (χ2n) is 9.48. The van der Waals surface area contributed by atoms with E-state index in [1.807, 2.05) is 33.9 Å². The van der Waals surface area contributed by atoms with Crippen LogP contribution in [0.5, 0.6) is 0 Å². The highest BCUT2D eigenvalue weighted by molar-refractivity contribution is 6.48. The van der Waals surface area contributed by atoms with Crippen molar-refractivity contribution in [2.24, 2.45) is 5.41 Å². The molecule has 0 aliphatic heterocycles. The maximum Gasteiger partial charge on any atom is 0.338 e. The molecule has 0 N–H and O–H groups in total. The molecule has 1 rings (SSSR count). The summed E-state index contributed by atoms with van der Waals surface area (Å²) in [6, 6.07) is 5.77. The highest BCUT2D eigenvalue weighted by Gasteiger charge is 2.32. The van der Waals surface area contributed by atoms with Gasteiger partial charge < -0.3 is 13.9 Å². The van der Waals surface area contributed by atoms with Crippen LogP contribution in [0.3, 0.4) is 0 Å². The largest absolute Gasteiger partial charge is 0.549 e. The topological polar surface area (TPSA) is 105 Å². The van der Waals surface area contributed by atoms with Gasteiger partial charge in [0, 0.05) is 12.1 Å². The normalized spacial score (nSPS) is 12.8. The van der Waals surface area contributed by atoms with Crippen LogP contribution in [-0.2, 0) is 30.1 Å². The molecule has 1 aromatic rings. The summed E-state index contributed by atoms with van der Waals surface area (Å²) < 4.78 is 16.9. The van der Waals surface area contributed by atoms with E-state index in [4.69, 9.17) is 13.9 Å². The minimum absolute atomic E-state index is 0.0414. The summed E-state index contributed by atoms with van der Waals surface area (Å²) in [5.41, 5.74) is -0.454. The van der Waals surface area contributed by atoms with Gasteiger partial charge in [-0.05, 0) is 57.0 Å². The summed E-state index contributed by atoms with van der Waals surface area (Å²) in [6.45, 7) is 14.7. The Bertz CT molecular complexity index is 831. The molecule has 0 radical (unpaired) electrons. The van der Waals surface area contributed by atoms with Gasteiger partial charge in [-0.25, -0.2) is 4.79 Å². The van der Waals surface area contributed by atoms with E-state index in [1.165, 1.54) is 24.3 Å². The van der Waals surface area contributed by atoms with Crippen LogP contribution in [0.4, 0.5) is 5.69 Å². The van der Waals surface area contributed by atoms with Crippen molar-refractivity contribution in [3.8, 4) is 0 Å². The highest BCUT2D eigenvalue weighted by Crippen LogP contribution is 2.32. The standard InChI is InChI=1S/C22H33NO7Si/c1-21(2,3)19(17(30-31(7)8)13-18(24)29-22(4,5)6)20(25)28-14-15-9-11-16(12-10-15)23(26)27/h9-12,31H,13-14H2,1-8H3. The molecule has 0 spiro atoms. The van der Waals surface area contributed by atoms with Gasteiger partial charge in [0.2, 0.25) is 9.04 Å². The molecule has 0 saturated carbocycles. The molecule has 31 heavy (non-hydrogen) atoms. The molecule has 172 valence electrons. The number of hydrogen-bond acceptors (Lipinski definition) is 7. The fraction of sp³-hybridized carbons (Fsp3) is 0.545. The molecule has 0 saturated heterocycles. The zero-order chi connectivity index (χ0) is 24.0. The summed E-state index contributed by atoms with van der Waals surface area (Å²) >= 11 is 0. The lowest BCUT2D eigenvalue weighted by Gasteiger charge is -2.27. The van der Waals surface area contributed by atoms with E-state index >= 15 is 0 Å². The van der Waals surface area contributed by atoms with Crippen LogP contribution in [0.2, 0.25) is 13.1 Å². The third kappa shape index (κ3) is 9.33. The molecular formula is C22H33NO7Si. The highest BCUT2D eigenvalue weighted by atomic mass is 28.3. The smallest absolute Gasteiger partial charge is 0.338 e. The molecule has 0 bridgehead atoms. The van der Waals surface area contributed by atoms with Crippen LogP contribution in [0.1, 0.15) is 53.5 Å². The van der Waals surface area contributed by atoms with Crippen molar-refractivity contribution in [3.63, 3.8) is 0 Å². The minimum atomic E-state index is -1.64. The summed E-state index contributed by atoms with van der Waals surface area (Å²) in [6.07, 6.45) is -0.165. The van der Waals surface area contributed by atoms with Crippen molar-refractivity contribution in [3.05, 3.63) is 51.3 Å². The van der Waals surface area contributed by atoms with Crippen LogP contribution in [0, 0.1) is 15.5 Å². The average molecular weight is 452 g/mol. The Morgan fingerprint density at radius 2 is 1.58 bits per heavy atom. The number of nitro groups is 1. The van der Waals surface area contributed by atoms with Gasteiger partial charge >= 0.3 is 11.9 Å². The first-order chi connectivity index (χ1) is 14.1. The van der Waals surface area contributed by atoms with E-state index in [0.717, 1.165) is 0 Å². The van der Waals surface area contributed by atoms with Crippen molar-refractivity contribution in [2.45, 2.75) is 73.3 Å². The van der Waals surface area contributed by atoms with E-state index < -0.39 is 36.9 Å². The summed E-state index contributed by atoms with van der Waals surface area (Å²) in [5, 5.41) is 10.8. The number of nitrogens with zero attached hydrogens (tertiary/aromatic N) is 1. The molecule has 0 aliphatic rings. The second-order valence-corrected chi connectivity index (χ2v) is 11.8. The van der Waals surface area contributed by atoms with Crippen molar-refractivity contribution >= 4 is 26.7 Å². The van der Waals surface area contributed by atoms with Gasteiger partial charge in [0.1, 0.15) is 24.4 Å². The predicted molar refractivity (Wildman–Crippen MR) is 120 cm³/mol. The Hall–Kier alpha value is -2.68. The molecule has 1 aromatic carbocycles. The van der Waals surface area contributed by atoms with Crippen LogP contribution in [-0.4, -0.2) is 31.5 Å². The summed E-state index contributed by atoms with van der Waals surface area (Å²) in [4.78, 5) is 35.8. The molecule has 0 atom stereocenters. The Labute approximate surface area is 185 Å². The molecule has 0 fully saturated rings. The number of nitro benzene ring substituents is 1. The van der Waals surface area contributed by atoms with Gasteiger partial charge in [-0.2, -0.15) is 0 Å². The Morgan fingerprint density at radius 3 is 2.00 bits per heavy atom. The fourth-order valence-electron chi connectivity index (χ4n) is 2.76. The van der Waals surface area contributed by atoms with Gasteiger partial charge in [-0.3, -0.25) is 14.9 Å². The van der Waals surface area contributed by atoms with Gasteiger partial charge in [-0.1, -0.05) is 20.8 Å². The van der Waals surface area contributed by atoms with Crippen molar-refractivity contribution in [1.29, 1.82) is 0 Å². The number of benzene rings is 1. The maximum atomic E-state index is 13.0. The van der Waals surface area contributed by atoms with E-state index in [0.29, 0.717) is 5.56 Å². The fourth-order valence-corrected chi connectivity index (χ4v) is 3.53. The van der Waals surface area contributed by atoms with Crippen LogP contribution in [0.15, 0.2) is 35.6 Å². The molecule has 8 nitrogen and oxygen atoms in total. The number of carbonyl (C=O) groups is 2. The molecular weight excluding hydrogens is 418 g/mol. The van der Waals surface area contributed by atoms with E-state index in [2.05, 4.69) is 0 Å². The molecule has 0 heterocycles. The predicted octanol–water partition coefficient (Wildman–Crippen LogP) is 4.67. The number of esters is 2. The zero-order valence-corrected chi connectivity index (χ0v) is 20.8. The zero-order valence-electron chi connectivity index (χ0n) is 19.6. The first-order valence-corrected chi connectivity index (χ1v) is 12.9. The Morgan fingerprint density at radius 1 is 1.03 bits per heavy atom. The quantitative estimate of drug-likeness (QED) is 0.141. The Kier molecular flexibility index (Phi) is 8.98. The van der Waals surface area contributed by atoms with Crippen LogP contribution < -0.4 is 0 Å². The molecule has 0 unspecified atom stereocenters. The molecule has 0 aliphatic carbocycles. The van der Waals surface area contributed by atoms with E-state index in [9.17, 15) is 19.7 Å². The molecule has 0 amide bonds. The van der Waals surface area contributed by atoms with Crippen molar-refractivity contribution in [2.75, 3.05) is 0 Å². The number of carbonyl (C=O) groups excluding carboxylic acids is 2. The molecule has 9 heteroatoms. The van der Waals surface area contributed by atoms with Crippen LogP contribution in [0.25, 0.3) is 0 Å². The van der Waals surface area contributed by atoms with Crippen molar-refractivity contribution in [1.82, 2.24) is 0 Å². The minimum Gasteiger partial charge on any atom is -0.549 e. The van der Waals surface area contributed by atoms with E-state index in [-0.39, 0.29) is 30.0 Å². The number of ether oxygens (including phenoxy) is 2. The number of hydrogen-bond donors (Lipinski definition) is 0. The third-order valence-corrected chi connectivity index (χ3v) is 4.61. The van der Waals surface area contributed by atoms with Gasteiger partial charge in [0.05, 0.1) is 10.5 Å². The summed E-state index contributed by atoms with van der Waals surface area (Å²) in [5.74, 6) is -0.807. The van der Waals surface area contributed by atoms with Gasteiger partial charge in [0.25, 0.3) is 5.69 Å². The first-order valence-electron chi connectivity index (χ1n) is 10.1. The number of non-ortho nitro benzene ring substituents is 1. The lowest BCUT2D eigenvalue weighted by atomic mass is 9.85. The lowest BCUT2D eigenvalue weighted by Crippen LogP contribution is -2.28. The second kappa shape index (κ2) is 10.6. The maximum absolute atomic E-state index is 13.0.